The molecule has 0 unspecified atom stereocenters. The molecule has 0 rings (SSSR count). The normalized spacial score (nSPS) is 12.3. The summed E-state index contributed by atoms with van der Waals surface area (Å²) in [6.07, 6.45) is 4.87. The van der Waals surface area contributed by atoms with E-state index in [1.807, 2.05) is 6.92 Å². The van der Waals surface area contributed by atoms with E-state index in [0.29, 0.717) is 0 Å². The van der Waals surface area contributed by atoms with Gasteiger partial charge in [0, 0.05) is 0 Å². The number of nitro groups is 1. The van der Waals surface area contributed by atoms with Crippen LogP contribution < -0.4 is 5.73 Å². The predicted molar refractivity (Wildman–Crippen MR) is 38.7 cm³/mol. The van der Waals surface area contributed by atoms with Gasteiger partial charge in [0.2, 0.25) is 0 Å². The summed E-state index contributed by atoms with van der Waals surface area (Å²) in [6.45, 7) is 1.93. The number of hydrogen-bond donors (Lipinski definition) is 1. The number of nitrogens with two attached hydrogens (primary N) is 1. The van der Waals surface area contributed by atoms with Crippen LogP contribution in [0.25, 0.3) is 0 Å². The van der Waals surface area contributed by atoms with Gasteiger partial charge in [-0.25, -0.2) is 0 Å². The molecule has 0 saturated heterocycles. The Morgan fingerprint density at radius 2 is 2.40 bits per heavy atom. The van der Waals surface area contributed by atoms with Crippen molar-refractivity contribution in [2.75, 3.05) is 0 Å². The van der Waals surface area contributed by atoms with Crippen molar-refractivity contribution in [3.8, 4) is 0 Å². The van der Waals surface area contributed by atoms with Gasteiger partial charge in [0.05, 0.1) is 4.92 Å². The van der Waals surface area contributed by atoms with Crippen molar-refractivity contribution in [2.24, 2.45) is 5.73 Å². The van der Waals surface area contributed by atoms with Crippen LogP contribution in [0.5, 0.6) is 0 Å². The Morgan fingerprint density at radius 1 is 1.80 bits per heavy atom. The minimum Gasteiger partial charge on any atom is -0.394 e. The van der Waals surface area contributed by atoms with Crippen molar-refractivity contribution >= 4 is 0 Å². The predicted octanol–water partition coefficient (Wildman–Crippen LogP) is 1.03. The van der Waals surface area contributed by atoms with Crippen molar-refractivity contribution in [3.63, 3.8) is 0 Å². The highest BCUT2D eigenvalue weighted by atomic mass is 16.6. The van der Waals surface area contributed by atoms with E-state index in [9.17, 15) is 10.1 Å². The first kappa shape index (κ1) is 8.68. The van der Waals surface area contributed by atoms with Gasteiger partial charge >= 0.3 is 0 Å². The first-order chi connectivity index (χ1) is 4.66. The van der Waals surface area contributed by atoms with Crippen molar-refractivity contribution in [2.45, 2.75) is 13.3 Å². The van der Waals surface area contributed by atoms with Gasteiger partial charge in [0.25, 0.3) is 6.20 Å². The summed E-state index contributed by atoms with van der Waals surface area (Å²) in [7, 11) is 0. The molecule has 4 nitrogen and oxygen atoms in total. The zero-order chi connectivity index (χ0) is 7.98. The van der Waals surface area contributed by atoms with Crippen molar-refractivity contribution in [1.82, 2.24) is 0 Å². The van der Waals surface area contributed by atoms with Crippen molar-refractivity contribution in [1.29, 1.82) is 0 Å². The summed E-state index contributed by atoms with van der Waals surface area (Å²) >= 11 is 0. The van der Waals surface area contributed by atoms with Gasteiger partial charge in [-0.2, -0.15) is 0 Å². The molecule has 4 heteroatoms. The monoisotopic (exact) mass is 142 g/mol. The number of nitrogens with zero attached hydrogens (tertiary/aromatic N) is 1. The number of rotatable bonds is 3. The van der Waals surface area contributed by atoms with Gasteiger partial charge in [-0.05, 0) is 12.5 Å². The van der Waals surface area contributed by atoms with Gasteiger partial charge in [-0.1, -0.05) is 13.0 Å². The van der Waals surface area contributed by atoms with Crippen LogP contribution in [-0.2, 0) is 0 Å². The largest absolute Gasteiger partial charge is 0.394 e. The average Bonchev–Trinajstić information content (AvgIpc) is 1.82. The summed E-state index contributed by atoms with van der Waals surface area (Å²) in [5.74, 6) is 0. The molecule has 0 aliphatic carbocycles. The topological polar surface area (TPSA) is 69.2 Å². The molecule has 0 aromatic rings. The smallest absolute Gasteiger partial charge is 0.257 e. The molecule has 10 heavy (non-hydrogen) atoms. The lowest BCUT2D eigenvalue weighted by Gasteiger charge is -1.84. The van der Waals surface area contributed by atoms with Crippen molar-refractivity contribution in [3.05, 3.63) is 34.2 Å². The Labute approximate surface area is 59.2 Å². The number of allylic oxidation sites excluding steroid dienone is 2. The van der Waals surface area contributed by atoms with Crippen LogP contribution in [0, 0.1) is 10.1 Å². The van der Waals surface area contributed by atoms with E-state index >= 15 is 0 Å². The molecule has 0 atom stereocenters. The minimum absolute atomic E-state index is 0.173. The Balaban J connectivity index is 3.94. The fourth-order valence-electron chi connectivity index (χ4n) is 0.419. The second kappa shape index (κ2) is 4.55. The zero-order valence-electron chi connectivity index (χ0n) is 5.78. The Hall–Kier alpha value is -1.32. The second-order valence-electron chi connectivity index (χ2n) is 1.73. The Morgan fingerprint density at radius 3 is 2.80 bits per heavy atom. The minimum atomic E-state index is -0.574. The summed E-state index contributed by atoms with van der Waals surface area (Å²) in [5.41, 5.74) is 5.37. The SMILES string of the molecule is CC/C=C\C(N)=C\[N+](=O)[O-]. The molecule has 0 amide bonds. The maximum absolute atomic E-state index is 9.79. The van der Waals surface area contributed by atoms with Crippen LogP contribution in [0.4, 0.5) is 0 Å². The molecular weight excluding hydrogens is 132 g/mol. The lowest BCUT2D eigenvalue weighted by molar-refractivity contribution is -0.403. The summed E-state index contributed by atoms with van der Waals surface area (Å²) < 4.78 is 0. The molecule has 0 aliphatic rings. The van der Waals surface area contributed by atoms with E-state index in [2.05, 4.69) is 0 Å². The molecule has 0 bridgehead atoms. The van der Waals surface area contributed by atoms with Gasteiger partial charge in [-0.3, -0.25) is 10.1 Å². The van der Waals surface area contributed by atoms with Crippen LogP contribution in [0.15, 0.2) is 24.0 Å². The van der Waals surface area contributed by atoms with Crippen LogP contribution >= 0.6 is 0 Å². The standard InChI is InChI=1S/C6H10N2O2/c1-2-3-4-6(7)5-8(9)10/h3-5H,2,7H2,1H3/b4-3-,6-5-. The molecule has 0 aromatic carbocycles. The van der Waals surface area contributed by atoms with E-state index in [1.54, 1.807) is 6.08 Å². The van der Waals surface area contributed by atoms with Gasteiger partial charge in [0.15, 0.2) is 0 Å². The third-order valence-corrected chi connectivity index (χ3v) is 0.800. The zero-order valence-corrected chi connectivity index (χ0v) is 5.78. The van der Waals surface area contributed by atoms with Gasteiger partial charge in [-0.15, -0.1) is 0 Å². The first-order valence-electron chi connectivity index (χ1n) is 2.94. The molecule has 0 radical (unpaired) electrons. The van der Waals surface area contributed by atoms with Crippen molar-refractivity contribution < 1.29 is 4.92 Å². The molecule has 56 valence electrons. The summed E-state index contributed by atoms with van der Waals surface area (Å²) in [6, 6.07) is 0. The molecular formula is C6H10N2O2. The Bertz CT molecular complexity index is 173. The van der Waals surface area contributed by atoms with Crippen LogP contribution in [0.3, 0.4) is 0 Å². The van der Waals surface area contributed by atoms with Crippen LogP contribution in [0.1, 0.15) is 13.3 Å². The first-order valence-corrected chi connectivity index (χ1v) is 2.94. The van der Waals surface area contributed by atoms with E-state index in [-0.39, 0.29) is 5.70 Å². The van der Waals surface area contributed by atoms with Crippen LogP contribution in [0.2, 0.25) is 0 Å². The number of hydrogen-bond acceptors (Lipinski definition) is 3. The molecule has 0 fully saturated rings. The second-order valence-corrected chi connectivity index (χ2v) is 1.73. The molecule has 0 heterocycles. The fourth-order valence-corrected chi connectivity index (χ4v) is 0.419. The maximum atomic E-state index is 9.79. The summed E-state index contributed by atoms with van der Waals surface area (Å²) in [4.78, 5) is 9.21. The third-order valence-electron chi connectivity index (χ3n) is 0.800. The quantitative estimate of drug-likeness (QED) is 0.363. The maximum Gasteiger partial charge on any atom is 0.257 e. The Kier molecular flexibility index (Phi) is 3.95. The fraction of sp³-hybridized carbons (Fsp3) is 0.333. The van der Waals surface area contributed by atoms with E-state index in [0.717, 1.165) is 12.6 Å². The lowest BCUT2D eigenvalue weighted by atomic mass is 10.3. The van der Waals surface area contributed by atoms with Crippen LogP contribution in [-0.4, -0.2) is 4.92 Å². The molecule has 2 N–H and O–H groups in total. The molecule has 0 aliphatic heterocycles. The highest BCUT2D eigenvalue weighted by Gasteiger charge is 1.89. The van der Waals surface area contributed by atoms with E-state index < -0.39 is 4.92 Å². The van der Waals surface area contributed by atoms with Gasteiger partial charge in [0.1, 0.15) is 5.70 Å². The third kappa shape index (κ3) is 4.83. The van der Waals surface area contributed by atoms with E-state index in [4.69, 9.17) is 5.73 Å². The van der Waals surface area contributed by atoms with E-state index in [1.165, 1.54) is 6.08 Å². The average molecular weight is 142 g/mol. The lowest BCUT2D eigenvalue weighted by Crippen LogP contribution is -1.97. The molecule has 0 saturated carbocycles. The molecule has 0 spiro atoms. The van der Waals surface area contributed by atoms with Gasteiger partial charge < -0.3 is 5.73 Å². The highest BCUT2D eigenvalue weighted by molar-refractivity contribution is 5.11. The highest BCUT2D eigenvalue weighted by Crippen LogP contribution is 1.88. The molecule has 0 aromatic heterocycles. The summed E-state index contributed by atoms with van der Waals surface area (Å²) in [5, 5.41) is 9.79.